The van der Waals surface area contributed by atoms with Crippen molar-refractivity contribution in [2.45, 2.75) is 71.7 Å². The van der Waals surface area contributed by atoms with Crippen molar-refractivity contribution in [3.8, 4) is 6.01 Å². The first kappa shape index (κ1) is 17.4. The van der Waals surface area contributed by atoms with Crippen LogP contribution in [0.15, 0.2) is 11.0 Å². The topological polar surface area (TPSA) is 56.6 Å². The molecule has 25 heavy (non-hydrogen) atoms. The first-order valence-electron chi connectivity index (χ1n) is 9.62. The van der Waals surface area contributed by atoms with Crippen molar-refractivity contribution in [3.05, 3.63) is 22.1 Å². The Hall–Kier alpha value is -0.970. The Labute approximate surface area is 152 Å². The SMILES string of the molecule is [2H]C1[C@@H](COP(C)N(C(C)C)C(C)C)C[C@H]2[C@@H]1Oc1nc(=O)c(C)cn12. The number of nitrogens with zero attached hydrogens (tertiary/aromatic N) is 3. The fourth-order valence-electron chi connectivity index (χ4n) is 3.95. The minimum atomic E-state index is -0.686. The van der Waals surface area contributed by atoms with E-state index in [9.17, 15) is 4.79 Å². The molecule has 0 saturated heterocycles. The van der Waals surface area contributed by atoms with Crippen LogP contribution in [0.1, 0.15) is 53.5 Å². The first-order valence-corrected chi connectivity index (χ1v) is 10.7. The van der Waals surface area contributed by atoms with Crippen molar-refractivity contribution in [2.75, 3.05) is 13.3 Å². The quantitative estimate of drug-likeness (QED) is 0.721. The van der Waals surface area contributed by atoms with Gasteiger partial charge in [0.15, 0.2) is 0 Å². The van der Waals surface area contributed by atoms with Crippen LogP contribution in [0.5, 0.6) is 6.01 Å². The Balaban J connectivity index is 1.66. The van der Waals surface area contributed by atoms with Crippen LogP contribution in [0.25, 0.3) is 0 Å². The second-order valence-electron chi connectivity index (χ2n) is 7.58. The Morgan fingerprint density at radius 3 is 2.80 bits per heavy atom. The molecule has 0 N–H and O–H groups in total. The largest absolute Gasteiger partial charge is 0.459 e. The molecule has 5 atom stereocenters. The van der Waals surface area contributed by atoms with Crippen molar-refractivity contribution in [2.24, 2.45) is 5.92 Å². The van der Waals surface area contributed by atoms with Crippen LogP contribution >= 0.6 is 8.30 Å². The van der Waals surface area contributed by atoms with Crippen LogP contribution < -0.4 is 10.3 Å². The lowest BCUT2D eigenvalue weighted by Crippen LogP contribution is -2.33. The summed E-state index contributed by atoms with van der Waals surface area (Å²) in [7, 11) is -0.686. The van der Waals surface area contributed by atoms with Crippen LogP contribution in [-0.2, 0) is 4.52 Å². The van der Waals surface area contributed by atoms with Crippen LogP contribution in [0.4, 0.5) is 0 Å². The second kappa shape index (κ2) is 7.34. The molecule has 6 nitrogen and oxygen atoms in total. The number of rotatable bonds is 6. The fraction of sp³-hybridized carbons (Fsp3) is 0.778. The lowest BCUT2D eigenvalue weighted by molar-refractivity contribution is 0.191. The van der Waals surface area contributed by atoms with Gasteiger partial charge >= 0.3 is 0 Å². The van der Waals surface area contributed by atoms with Gasteiger partial charge in [0.2, 0.25) is 0 Å². The summed E-state index contributed by atoms with van der Waals surface area (Å²) in [6, 6.07) is 1.29. The van der Waals surface area contributed by atoms with Gasteiger partial charge in [0.1, 0.15) is 14.4 Å². The molecule has 1 fully saturated rings. The summed E-state index contributed by atoms with van der Waals surface area (Å²) in [6.07, 6.45) is 2.03. The monoisotopic (exact) mass is 368 g/mol. The van der Waals surface area contributed by atoms with E-state index in [4.69, 9.17) is 10.6 Å². The normalized spacial score (nSPS) is 29.7. The minimum Gasteiger partial charge on any atom is -0.459 e. The predicted molar refractivity (Wildman–Crippen MR) is 100 cm³/mol. The highest BCUT2D eigenvalue weighted by molar-refractivity contribution is 7.49. The molecule has 0 amide bonds. The number of ether oxygens (including phenoxy) is 1. The molecule has 2 aliphatic rings. The van der Waals surface area contributed by atoms with E-state index in [1.165, 1.54) is 0 Å². The summed E-state index contributed by atoms with van der Waals surface area (Å²) in [5.41, 5.74) is 0.359. The molecule has 1 saturated carbocycles. The summed E-state index contributed by atoms with van der Waals surface area (Å²) >= 11 is 0. The highest BCUT2D eigenvalue weighted by atomic mass is 31.2. The van der Waals surface area contributed by atoms with E-state index in [-0.39, 0.29) is 30.0 Å². The van der Waals surface area contributed by atoms with E-state index in [0.29, 0.717) is 30.3 Å². The Bertz CT molecular complexity index is 703. The molecule has 1 aromatic heterocycles. The van der Waals surface area contributed by atoms with Crippen molar-refractivity contribution >= 4 is 8.30 Å². The zero-order chi connectivity index (χ0) is 19.2. The van der Waals surface area contributed by atoms with Crippen LogP contribution in [0.3, 0.4) is 0 Å². The number of aryl methyl sites for hydroxylation is 1. The lowest BCUT2D eigenvalue weighted by Gasteiger charge is -2.35. The van der Waals surface area contributed by atoms with E-state index < -0.39 is 8.30 Å². The van der Waals surface area contributed by atoms with Crippen molar-refractivity contribution in [3.63, 3.8) is 0 Å². The molecule has 0 radical (unpaired) electrons. The van der Waals surface area contributed by atoms with Crippen molar-refractivity contribution in [1.82, 2.24) is 14.2 Å². The number of aromatic nitrogens is 2. The molecule has 2 heterocycles. The Morgan fingerprint density at radius 1 is 1.48 bits per heavy atom. The molecule has 1 aliphatic carbocycles. The predicted octanol–water partition coefficient (Wildman–Crippen LogP) is 3.34. The number of hydrogen-bond donors (Lipinski definition) is 0. The third kappa shape index (κ3) is 3.76. The summed E-state index contributed by atoms with van der Waals surface area (Å²) in [6.45, 7) is 13.2. The van der Waals surface area contributed by atoms with E-state index >= 15 is 0 Å². The van der Waals surface area contributed by atoms with E-state index in [1.807, 2.05) is 10.8 Å². The van der Waals surface area contributed by atoms with Gasteiger partial charge in [-0.15, -0.1) is 0 Å². The van der Waals surface area contributed by atoms with Gasteiger partial charge in [0, 0.05) is 25.2 Å². The molecule has 7 heteroatoms. The molecule has 1 aromatic rings. The summed E-state index contributed by atoms with van der Waals surface area (Å²) in [4.78, 5) is 15.7. The summed E-state index contributed by atoms with van der Waals surface area (Å²) < 4.78 is 25.0. The maximum Gasteiger partial charge on any atom is 0.300 e. The minimum absolute atomic E-state index is 0.0716. The maximum absolute atomic E-state index is 11.7. The maximum atomic E-state index is 11.7. The fourth-order valence-corrected chi connectivity index (χ4v) is 5.79. The van der Waals surface area contributed by atoms with Crippen molar-refractivity contribution in [1.29, 1.82) is 0 Å². The van der Waals surface area contributed by atoms with Gasteiger partial charge in [-0.1, -0.05) is 0 Å². The smallest absolute Gasteiger partial charge is 0.300 e. The zero-order valence-electron chi connectivity index (χ0n) is 17.0. The average Bonchev–Trinajstić information content (AvgIpc) is 3.02. The summed E-state index contributed by atoms with van der Waals surface area (Å²) in [5.74, 6) is 0.129. The van der Waals surface area contributed by atoms with Crippen LogP contribution in [-0.4, -0.2) is 45.7 Å². The van der Waals surface area contributed by atoms with E-state index in [2.05, 4.69) is 44.0 Å². The van der Waals surface area contributed by atoms with Gasteiger partial charge in [-0.05, 0) is 60.0 Å². The van der Waals surface area contributed by atoms with Gasteiger partial charge in [0.25, 0.3) is 11.6 Å². The summed E-state index contributed by atoms with van der Waals surface area (Å²) in [5, 5.41) is 0. The molecule has 0 bridgehead atoms. The van der Waals surface area contributed by atoms with Crippen LogP contribution in [0, 0.1) is 12.8 Å². The molecule has 1 aliphatic heterocycles. The third-order valence-corrected chi connectivity index (χ3v) is 7.03. The van der Waals surface area contributed by atoms with Crippen LogP contribution in [0.2, 0.25) is 0 Å². The molecule has 3 rings (SSSR count). The lowest BCUT2D eigenvalue weighted by atomic mass is 10.1. The highest BCUT2D eigenvalue weighted by Crippen LogP contribution is 2.46. The van der Waals surface area contributed by atoms with Gasteiger partial charge in [-0.3, -0.25) is 14.0 Å². The third-order valence-electron chi connectivity index (χ3n) is 4.93. The first-order chi connectivity index (χ1) is 12.2. The highest BCUT2D eigenvalue weighted by Gasteiger charge is 2.43. The Morgan fingerprint density at radius 2 is 2.16 bits per heavy atom. The zero-order valence-corrected chi connectivity index (χ0v) is 16.9. The second-order valence-corrected chi connectivity index (χ2v) is 9.23. The molecular weight excluding hydrogens is 337 g/mol. The van der Waals surface area contributed by atoms with E-state index in [0.717, 1.165) is 6.42 Å². The average molecular weight is 368 g/mol. The molecular formula is C18H30N3O3P. The number of hydrogen-bond acceptors (Lipinski definition) is 5. The van der Waals surface area contributed by atoms with E-state index in [1.54, 1.807) is 6.92 Å². The van der Waals surface area contributed by atoms with Gasteiger partial charge < -0.3 is 9.26 Å². The standard InChI is InChI=1S/C18H30N3O3P/c1-11(2)21(12(3)4)25(6)23-10-14-7-15-16(8-14)24-18-19-17(22)13(5)9-20(15)18/h9,11-12,14-16H,7-8,10H2,1-6H3/t14-,15-,16+,25?/m0/s1/i8D/t8?,14-,15-,16+,25?. The van der Waals surface area contributed by atoms with Gasteiger partial charge in [0.05, 0.1) is 12.6 Å². The molecule has 2 unspecified atom stereocenters. The Kier molecular flexibility index (Phi) is 5.12. The van der Waals surface area contributed by atoms with Gasteiger partial charge in [-0.2, -0.15) is 4.98 Å². The molecule has 0 aromatic carbocycles. The molecule has 140 valence electrons. The number of fused-ring (bicyclic) bond motifs is 3. The van der Waals surface area contributed by atoms with Crippen molar-refractivity contribution < 1.29 is 10.6 Å². The molecule has 0 spiro atoms. The van der Waals surface area contributed by atoms with Gasteiger partial charge in [-0.25, -0.2) is 0 Å².